The number of urea groups is 1. The zero-order valence-corrected chi connectivity index (χ0v) is 16.5. The van der Waals surface area contributed by atoms with Gasteiger partial charge in [0.15, 0.2) is 0 Å². The van der Waals surface area contributed by atoms with E-state index < -0.39 is 12.0 Å². The van der Waals surface area contributed by atoms with Gasteiger partial charge in [-0.15, -0.1) is 0 Å². The molecule has 6 heteroatoms. The van der Waals surface area contributed by atoms with E-state index in [4.69, 9.17) is 9.47 Å². The van der Waals surface area contributed by atoms with Gasteiger partial charge in [-0.2, -0.15) is 0 Å². The highest BCUT2D eigenvalue weighted by molar-refractivity contribution is 5.95. The van der Waals surface area contributed by atoms with Gasteiger partial charge in [-0.05, 0) is 26.3 Å². The van der Waals surface area contributed by atoms with E-state index >= 15 is 0 Å². The van der Waals surface area contributed by atoms with E-state index in [-0.39, 0.29) is 12.6 Å². The molecule has 0 aliphatic carbocycles. The topological polar surface area (TPSA) is 76.7 Å². The predicted octanol–water partition coefficient (Wildman–Crippen LogP) is 4.23. The number of benzene rings is 1. The van der Waals surface area contributed by atoms with Crippen molar-refractivity contribution in [2.75, 3.05) is 13.2 Å². The highest BCUT2D eigenvalue weighted by Crippen LogP contribution is 2.33. The van der Waals surface area contributed by atoms with Gasteiger partial charge in [0.1, 0.15) is 5.75 Å². The Kier molecular flexibility index (Phi) is 8.17. The number of hydrogen-bond acceptors (Lipinski definition) is 4. The number of hydrogen-bond donors (Lipinski definition) is 2. The number of carbonyl (C=O) groups is 2. The van der Waals surface area contributed by atoms with Crippen LogP contribution in [0.1, 0.15) is 64.5 Å². The lowest BCUT2D eigenvalue weighted by molar-refractivity contribution is -0.139. The third-order valence-electron chi connectivity index (χ3n) is 4.50. The van der Waals surface area contributed by atoms with Crippen LogP contribution in [0.5, 0.6) is 5.75 Å². The molecular formula is C21H30N2O4. The van der Waals surface area contributed by atoms with Crippen molar-refractivity contribution in [1.29, 1.82) is 0 Å². The number of carbonyl (C=O) groups excluding carboxylic acids is 2. The average molecular weight is 374 g/mol. The average Bonchev–Trinajstić information content (AvgIpc) is 2.64. The molecule has 0 bridgehead atoms. The van der Waals surface area contributed by atoms with Gasteiger partial charge in [-0.1, -0.05) is 50.8 Å². The van der Waals surface area contributed by atoms with Crippen LogP contribution in [0, 0.1) is 0 Å². The molecule has 0 saturated carbocycles. The molecule has 2 rings (SSSR count). The zero-order valence-electron chi connectivity index (χ0n) is 16.5. The molecule has 0 radical (unpaired) electrons. The molecule has 0 saturated heterocycles. The second-order valence-electron chi connectivity index (χ2n) is 6.59. The van der Waals surface area contributed by atoms with Gasteiger partial charge < -0.3 is 20.1 Å². The van der Waals surface area contributed by atoms with Crippen molar-refractivity contribution in [3.05, 3.63) is 41.1 Å². The second-order valence-corrected chi connectivity index (χ2v) is 6.59. The van der Waals surface area contributed by atoms with Gasteiger partial charge >= 0.3 is 12.0 Å². The van der Waals surface area contributed by atoms with Gasteiger partial charge in [-0.3, -0.25) is 0 Å². The maximum absolute atomic E-state index is 12.5. The molecule has 0 spiro atoms. The summed E-state index contributed by atoms with van der Waals surface area (Å²) in [5.41, 5.74) is 1.65. The molecule has 27 heavy (non-hydrogen) atoms. The van der Waals surface area contributed by atoms with Gasteiger partial charge in [0.05, 0.1) is 24.8 Å². The highest BCUT2D eigenvalue weighted by atomic mass is 16.5. The van der Waals surface area contributed by atoms with Crippen molar-refractivity contribution in [3.8, 4) is 5.75 Å². The lowest BCUT2D eigenvalue weighted by Crippen LogP contribution is -2.45. The first-order valence-corrected chi connectivity index (χ1v) is 9.75. The number of allylic oxidation sites excluding steroid dienone is 1. The Labute approximate surface area is 161 Å². The van der Waals surface area contributed by atoms with Crippen LogP contribution in [0.2, 0.25) is 0 Å². The van der Waals surface area contributed by atoms with Crippen LogP contribution < -0.4 is 15.4 Å². The first-order valence-electron chi connectivity index (χ1n) is 9.75. The highest BCUT2D eigenvalue weighted by Gasteiger charge is 2.33. The first kappa shape index (κ1) is 20.8. The van der Waals surface area contributed by atoms with E-state index in [1.54, 1.807) is 13.8 Å². The van der Waals surface area contributed by atoms with Crippen LogP contribution in [0.3, 0.4) is 0 Å². The van der Waals surface area contributed by atoms with Crippen LogP contribution in [0.25, 0.3) is 0 Å². The van der Waals surface area contributed by atoms with Crippen molar-refractivity contribution >= 4 is 12.0 Å². The molecule has 0 aromatic heterocycles. The minimum atomic E-state index is -0.603. The third kappa shape index (κ3) is 5.74. The van der Waals surface area contributed by atoms with E-state index in [1.807, 2.05) is 24.3 Å². The number of amides is 2. The van der Waals surface area contributed by atoms with Gasteiger partial charge in [0, 0.05) is 11.3 Å². The van der Waals surface area contributed by atoms with Gasteiger partial charge in [0.2, 0.25) is 0 Å². The minimum Gasteiger partial charge on any atom is -0.493 e. The Morgan fingerprint density at radius 1 is 1.11 bits per heavy atom. The van der Waals surface area contributed by atoms with Crippen molar-refractivity contribution in [2.24, 2.45) is 0 Å². The zero-order chi connectivity index (χ0) is 19.6. The summed E-state index contributed by atoms with van der Waals surface area (Å²) in [6.45, 7) is 6.53. The molecule has 1 atom stereocenters. The lowest BCUT2D eigenvalue weighted by Gasteiger charge is -2.29. The Morgan fingerprint density at radius 2 is 1.85 bits per heavy atom. The first-order chi connectivity index (χ1) is 13.1. The fraction of sp³-hybridized carbons (Fsp3) is 0.524. The Hall–Kier alpha value is -2.50. The summed E-state index contributed by atoms with van der Waals surface area (Å²) in [4.78, 5) is 24.5. The Morgan fingerprint density at radius 3 is 2.59 bits per heavy atom. The van der Waals surface area contributed by atoms with E-state index in [2.05, 4.69) is 17.6 Å². The number of para-hydroxylation sites is 1. The van der Waals surface area contributed by atoms with Crippen LogP contribution >= 0.6 is 0 Å². The number of ether oxygens (including phenoxy) is 2. The SMILES string of the molecule is CCCCCCCOc1ccccc1C1NC(=O)NC(C)=C1C(=O)OCC. The smallest absolute Gasteiger partial charge is 0.338 e. The van der Waals surface area contributed by atoms with E-state index in [9.17, 15) is 9.59 Å². The van der Waals surface area contributed by atoms with Crippen molar-refractivity contribution in [3.63, 3.8) is 0 Å². The van der Waals surface area contributed by atoms with Crippen LogP contribution in [-0.4, -0.2) is 25.2 Å². The minimum absolute atomic E-state index is 0.270. The third-order valence-corrected chi connectivity index (χ3v) is 4.50. The molecule has 1 aliphatic heterocycles. The Balaban J connectivity index is 2.18. The van der Waals surface area contributed by atoms with Crippen LogP contribution in [0.4, 0.5) is 4.79 Å². The fourth-order valence-corrected chi connectivity index (χ4v) is 3.14. The normalized spacial score (nSPS) is 16.6. The molecule has 0 fully saturated rings. The molecule has 1 aromatic rings. The fourth-order valence-electron chi connectivity index (χ4n) is 3.14. The lowest BCUT2D eigenvalue weighted by atomic mass is 9.95. The molecule has 6 nitrogen and oxygen atoms in total. The van der Waals surface area contributed by atoms with E-state index in [1.165, 1.54) is 19.3 Å². The number of unbranched alkanes of at least 4 members (excludes halogenated alkanes) is 4. The number of nitrogens with one attached hydrogen (secondary N) is 2. The second kappa shape index (κ2) is 10.6. The quantitative estimate of drug-likeness (QED) is 0.475. The molecule has 1 aromatic carbocycles. The van der Waals surface area contributed by atoms with Crippen molar-refractivity contribution in [2.45, 2.75) is 58.9 Å². The maximum atomic E-state index is 12.5. The monoisotopic (exact) mass is 374 g/mol. The van der Waals surface area contributed by atoms with Gasteiger partial charge in [-0.25, -0.2) is 9.59 Å². The summed E-state index contributed by atoms with van der Waals surface area (Å²) >= 11 is 0. The predicted molar refractivity (Wildman–Crippen MR) is 104 cm³/mol. The van der Waals surface area contributed by atoms with Gasteiger partial charge in [0.25, 0.3) is 0 Å². The van der Waals surface area contributed by atoms with Crippen molar-refractivity contribution < 1.29 is 19.1 Å². The summed E-state index contributed by atoms with van der Waals surface area (Å²) < 4.78 is 11.2. The molecular weight excluding hydrogens is 344 g/mol. The summed E-state index contributed by atoms with van der Waals surface area (Å²) in [5.74, 6) is 0.233. The number of esters is 1. The molecule has 2 N–H and O–H groups in total. The largest absolute Gasteiger partial charge is 0.493 e. The molecule has 1 aliphatic rings. The maximum Gasteiger partial charge on any atom is 0.338 e. The van der Waals surface area contributed by atoms with Crippen LogP contribution in [-0.2, 0) is 9.53 Å². The summed E-state index contributed by atoms with van der Waals surface area (Å²) in [6.07, 6.45) is 5.77. The molecule has 2 amide bonds. The van der Waals surface area contributed by atoms with Crippen LogP contribution in [0.15, 0.2) is 35.5 Å². The summed E-state index contributed by atoms with van der Waals surface area (Å²) in [7, 11) is 0. The van der Waals surface area contributed by atoms with E-state index in [0.29, 0.717) is 23.6 Å². The summed E-state index contributed by atoms with van der Waals surface area (Å²) in [5, 5.41) is 5.47. The standard InChI is InChI=1S/C21H30N2O4/c1-4-6-7-8-11-14-27-17-13-10-9-12-16(17)19-18(20(24)26-5-2)15(3)22-21(25)23-19/h9-10,12-13,19H,4-8,11,14H2,1-3H3,(H2,22,23,25). The van der Waals surface area contributed by atoms with Crippen molar-refractivity contribution in [1.82, 2.24) is 10.6 Å². The Bertz CT molecular complexity index is 685. The summed E-state index contributed by atoms with van der Waals surface area (Å²) in [6, 6.07) is 6.55. The number of rotatable bonds is 10. The molecule has 1 heterocycles. The molecule has 1 unspecified atom stereocenters. The van der Waals surface area contributed by atoms with E-state index in [0.717, 1.165) is 18.4 Å². The molecule has 148 valence electrons.